The van der Waals surface area contributed by atoms with Crippen molar-refractivity contribution in [2.45, 2.75) is 19.4 Å². The Morgan fingerprint density at radius 3 is 2.78 bits per heavy atom. The topological polar surface area (TPSA) is 48.9 Å². The maximum Gasteiger partial charge on any atom is 0.191 e. The third-order valence-electron chi connectivity index (χ3n) is 4.11. The zero-order chi connectivity index (χ0) is 15.6. The molecule has 0 amide bonds. The van der Waals surface area contributed by atoms with Gasteiger partial charge in [0, 0.05) is 32.1 Å². The number of guanidine groups is 1. The lowest BCUT2D eigenvalue weighted by molar-refractivity contribution is 0.121. The minimum absolute atomic E-state index is 0. The lowest BCUT2D eigenvalue weighted by atomic mass is 9.97. The number of rotatable bonds is 7. The molecule has 2 rings (SSSR count). The summed E-state index contributed by atoms with van der Waals surface area (Å²) in [4.78, 5) is 8.12. The Morgan fingerprint density at radius 1 is 1.39 bits per heavy atom. The molecule has 0 atom stereocenters. The highest BCUT2D eigenvalue weighted by atomic mass is 127. The number of halogens is 1. The van der Waals surface area contributed by atoms with Gasteiger partial charge in [0.25, 0.3) is 0 Å². The number of nitrogens with one attached hydrogen (secondary N) is 2. The molecule has 0 unspecified atom stereocenters. The van der Waals surface area contributed by atoms with Gasteiger partial charge in [0.2, 0.25) is 0 Å². The molecule has 1 fully saturated rings. The van der Waals surface area contributed by atoms with Gasteiger partial charge >= 0.3 is 0 Å². The summed E-state index contributed by atoms with van der Waals surface area (Å²) >= 11 is 1.77. The van der Waals surface area contributed by atoms with Crippen LogP contribution in [-0.4, -0.2) is 57.8 Å². The Kier molecular flexibility index (Phi) is 10.8. The zero-order valence-electron chi connectivity index (χ0n) is 14.1. The molecule has 1 saturated heterocycles. The largest absolute Gasteiger partial charge is 0.383 e. The second-order valence-electron chi connectivity index (χ2n) is 5.66. The summed E-state index contributed by atoms with van der Waals surface area (Å²) < 4.78 is 5.15. The molecule has 0 saturated carbocycles. The van der Waals surface area contributed by atoms with Crippen LogP contribution >= 0.6 is 35.3 Å². The minimum Gasteiger partial charge on any atom is -0.383 e. The fourth-order valence-electron chi connectivity index (χ4n) is 2.68. The second kappa shape index (κ2) is 12.0. The van der Waals surface area contributed by atoms with E-state index in [1.54, 1.807) is 18.4 Å². The third kappa shape index (κ3) is 7.82. The van der Waals surface area contributed by atoms with E-state index >= 15 is 0 Å². The van der Waals surface area contributed by atoms with E-state index in [4.69, 9.17) is 4.74 Å². The van der Waals surface area contributed by atoms with Gasteiger partial charge in [-0.15, -0.1) is 35.3 Å². The van der Waals surface area contributed by atoms with Crippen LogP contribution in [0.25, 0.3) is 0 Å². The first-order valence-corrected chi connectivity index (χ1v) is 8.88. The summed E-state index contributed by atoms with van der Waals surface area (Å²) in [6.45, 7) is 6.09. The van der Waals surface area contributed by atoms with Crippen molar-refractivity contribution in [2.75, 3.05) is 46.9 Å². The average molecular weight is 452 g/mol. The van der Waals surface area contributed by atoms with E-state index in [0.717, 1.165) is 38.1 Å². The van der Waals surface area contributed by atoms with E-state index in [9.17, 15) is 0 Å². The van der Waals surface area contributed by atoms with Gasteiger partial charge in [0.05, 0.1) is 13.2 Å². The van der Waals surface area contributed by atoms with Crippen LogP contribution in [-0.2, 0) is 11.3 Å². The zero-order valence-corrected chi connectivity index (χ0v) is 17.2. The lowest BCUT2D eigenvalue weighted by Gasteiger charge is -2.32. The van der Waals surface area contributed by atoms with Crippen LogP contribution in [0.4, 0.5) is 0 Å². The SMILES string of the molecule is CN=C(NCc1cccs1)NCC1CCN(CCOC)CC1.I. The predicted molar refractivity (Wildman–Crippen MR) is 109 cm³/mol. The first-order valence-electron chi connectivity index (χ1n) is 8.00. The molecule has 0 aliphatic carbocycles. The first-order chi connectivity index (χ1) is 10.8. The number of aliphatic imine (C=N–C) groups is 1. The van der Waals surface area contributed by atoms with Crippen molar-refractivity contribution in [3.8, 4) is 0 Å². The number of likely N-dealkylation sites (tertiary alicyclic amines) is 1. The van der Waals surface area contributed by atoms with Crippen LogP contribution in [0.15, 0.2) is 22.5 Å². The number of methoxy groups -OCH3 is 1. The van der Waals surface area contributed by atoms with E-state index in [2.05, 4.69) is 38.0 Å². The van der Waals surface area contributed by atoms with E-state index in [0.29, 0.717) is 0 Å². The molecular formula is C16H29IN4OS. The standard InChI is InChI=1S/C16H28N4OS.HI/c1-17-16(19-13-15-4-3-11-22-15)18-12-14-5-7-20(8-6-14)9-10-21-2;/h3-4,11,14H,5-10,12-13H2,1-2H3,(H2,17,18,19);1H. The number of hydrogen-bond donors (Lipinski definition) is 2. The number of hydrogen-bond acceptors (Lipinski definition) is 4. The monoisotopic (exact) mass is 452 g/mol. The Bertz CT molecular complexity index is 433. The summed E-state index contributed by atoms with van der Waals surface area (Å²) in [5, 5.41) is 8.93. The van der Waals surface area contributed by atoms with Crippen molar-refractivity contribution >= 4 is 41.3 Å². The number of piperidine rings is 1. The van der Waals surface area contributed by atoms with Crippen molar-refractivity contribution in [2.24, 2.45) is 10.9 Å². The smallest absolute Gasteiger partial charge is 0.191 e. The second-order valence-corrected chi connectivity index (χ2v) is 6.70. The Hall–Kier alpha value is -0.380. The molecule has 1 aliphatic heterocycles. The molecule has 1 aromatic heterocycles. The van der Waals surface area contributed by atoms with Crippen LogP contribution in [0.5, 0.6) is 0 Å². The van der Waals surface area contributed by atoms with Crippen molar-refractivity contribution in [1.29, 1.82) is 0 Å². The van der Waals surface area contributed by atoms with Crippen molar-refractivity contribution in [3.63, 3.8) is 0 Å². The molecule has 0 radical (unpaired) electrons. The van der Waals surface area contributed by atoms with E-state index < -0.39 is 0 Å². The highest BCUT2D eigenvalue weighted by Crippen LogP contribution is 2.16. The van der Waals surface area contributed by atoms with Gasteiger partial charge in [-0.25, -0.2) is 0 Å². The molecular weight excluding hydrogens is 423 g/mol. The number of thiophene rings is 1. The van der Waals surface area contributed by atoms with Crippen LogP contribution < -0.4 is 10.6 Å². The van der Waals surface area contributed by atoms with Crippen LogP contribution in [0.1, 0.15) is 17.7 Å². The number of nitrogens with zero attached hydrogens (tertiary/aromatic N) is 2. The van der Waals surface area contributed by atoms with E-state index in [1.807, 2.05) is 7.05 Å². The molecule has 1 aromatic rings. The van der Waals surface area contributed by atoms with Crippen molar-refractivity contribution in [3.05, 3.63) is 22.4 Å². The van der Waals surface area contributed by atoms with E-state index in [-0.39, 0.29) is 24.0 Å². The Balaban J connectivity index is 0.00000264. The maximum absolute atomic E-state index is 5.15. The summed E-state index contributed by atoms with van der Waals surface area (Å²) in [7, 11) is 3.60. The van der Waals surface area contributed by atoms with Gasteiger partial charge in [-0.1, -0.05) is 6.07 Å². The van der Waals surface area contributed by atoms with Crippen LogP contribution in [0, 0.1) is 5.92 Å². The van der Waals surface area contributed by atoms with Gasteiger partial charge in [-0.2, -0.15) is 0 Å². The Morgan fingerprint density at radius 2 is 2.17 bits per heavy atom. The summed E-state index contributed by atoms with van der Waals surface area (Å²) in [6, 6.07) is 4.22. The molecule has 0 spiro atoms. The van der Waals surface area contributed by atoms with Gasteiger partial charge in [0.15, 0.2) is 5.96 Å². The normalized spacial score (nSPS) is 16.9. The highest BCUT2D eigenvalue weighted by Gasteiger charge is 2.18. The molecule has 1 aliphatic rings. The molecule has 23 heavy (non-hydrogen) atoms. The average Bonchev–Trinajstić information content (AvgIpc) is 3.07. The van der Waals surface area contributed by atoms with Crippen molar-refractivity contribution in [1.82, 2.24) is 15.5 Å². The summed E-state index contributed by atoms with van der Waals surface area (Å²) in [5.74, 6) is 1.63. The Labute approximate surface area is 160 Å². The first kappa shape index (κ1) is 20.7. The van der Waals surface area contributed by atoms with Gasteiger partial charge in [-0.3, -0.25) is 4.99 Å². The van der Waals surface area contributed by atoms with Gasteiger partial charge in [0.1, 0.15) is 0 Å². The molecule has 0 aromatic carbocycles. The van der Waals surface area contributed by atoms with Gasteiger partial charge < -0.3 is 20.3 Å². The third-order valence-corrected chi connectivity index (χ3v) is 4.99. The summed E-state index contributed by atoms with van der Waals surface area (Å²) in [5.41, 5.74) is 0. The quantitative estimate of drug-likeness (QED) is 0.379. The number of ether oxygens (including phenoxy) is 1. The van der Waals surface area contributed by atoms with Crippen LogP contribution in [0.2, 0.25) is 0 Å². The van der Waals surface area contributed by atoms with Crippen molar-refractivity contribution < 1.29 is 4.74 Å². The molecule has 2 N–H and O–H groups in total. The fraction of sp³-hybridized carbons (Fsp3) is 0.688. The van der Waals surface area contributed by atoms with E-state index in [1.165, 1.54) is 30.8 Å². The van der Waals surface area contributed by atoms with Crippen LogP contribution in [0.3, 0.4) is 0 Å². The predicted octanol–water partition coefficient (Wildman–Crippen LogP) is 2.39. The molecule has 132 valence electrons. The molecule has 5 nitrogen and oxygen atoms in total. The lowest BCUT2D eigenvalue weighted by Crippen LogP contribution is -2.43. The summed E-state index contributed by atoms with van der Waals surface area (Å²) in [6.07, 6.45) is 2.50. The molecule has 2 heterocycles. The maximum atomic E-state index is 5.15. The fourth-order valence-corrected chi connectivity index (χ4v) is 3.32. The molecule has 7 heteroatoms. The van der Waals surface area contributed by atoms with Gasteiger partial charge in [-0.05, 0) is 43.3 Å². The minimum atomic E-state index is 0. The highest BCUT2D eigenvalue weighted by molar-refractivity contribution is 14.0. The molecule has 0 bridgehead atoms.